The Labute approximate surface area is 76.5 Å². The third-order valence-electron chi connectivity index (χ3n) is 3.21. The van der Waals surface area contributed by atoms with Crippen LogP contribution in [0.1, 0.15) is 12.5 Å². The highest BCUT2D eigenvalue weighted by atomic mass is 15.4. The number of fused-ring (bicyclic) bond motifs is 2. The quantitative estimate of drug-likeness (QED) is 0.645. The topological polar surface area (TPSA) is 60.0 Å². The number of rotatable bonds is 1. The minimum Gasteiger partial charge on any atom is -0.368 e. The summed E-state index contributed by atoms with van der Waals surface area (Å²) in [6, 6.07) is 0.469. The first-order valence-corrected chi connectivity index (χ1v) is 4.72. The van der Waals surface area contributed by atoms with Crippen LogP contribution in [0.25, 0.3) is 0 Å². The van der Waals surface area contributed by atoms with Crippen molar-refractivity contribution in [3.8, 4) is 0 Å². The molecule has 1 aromatic heterocycles. The van der Waals surface area contributed by atoms with Crippen molar-refractivity contribution in [1.29, 1.82) is 0 Å². The summed E-state index contributed by atoms with van der Waals surface area (Å²) in [4.78, 5) is 6.42. The lowest BCUT2D eigenvalue weighted by Crippen LogP contribution is -2.27. The van der Waals surface area contributed by atoms with Gasteiger partial charge in [-0.1, -0.05) is 0 Å². The van der Waals surface area contributed by atoms with Gasteiger partial charge in [-0.15, -0.1) is 0 Å². The van der Waals surface area contributed by atoms with Crippen molar-refractivity contribution in [3.05, 3.63) is 6.33 Å². The van der Waals surface area contributed by atoms with Gasteiger partial charge >= 0.3 is 0 Å². The monoisotopic (exact) mass is 179 g/mol. The van der Waals surface area contributed by atoms with E-state index >= 15 is 0 Å². The number of piperidine rings is 1. The fourth-order valence-electron chi connectivity index (χ4n) is 2.55. The van der Waals surface area contributed by atoms with Gasteiger partial charge in [-0.3, -0.25) is 0 Å². The molecule has 0 saturated carbocycles. The summed E-state index contributed by atoms with van der Waals surface area (Å²) in [6.07, 6.45) is 2.82. The summed E-state index contributed by atoms with van der Waals surface area (Å²) in [5, 5.41) is 4.17. The maximum absolute atomic E-state index is 5.72. The Kier molecular flexibility index (Phi) is 1.38. The van der Waals surface area contributed by atoms with Crippen LogP contribution in [0, 0.1) is 5.92 Å². The van der Waals surface area contributed by atoms with Crippen LogP contribution in [0.3, 0.4) is 0 Å². The number of nitrogens with two attached hydrogens (primary N) is 1. The SMILES string of the molecule is Nc1ncnn1C1CN2CCC1C2. The highest BCUT2D eigenvalue weighted by molar-refractivity contribution is 5.15. The zero-order valence-electron chi connectivity index (χ0n) is 7.43. The Morgan fingerprint density at radius 2 is 2.38 bits per heavy atom. The molecule has 2 fully saturated rings. The van der Waals surface area contributed by atoms with E-state index in [0.717, 1.165) is 12.5 Å². The first kappa shape index (κ1) is 7.32. The molecule has 0 aromatic carbocycles. The Morgan fingerprint density at radius 3 is 2.92 bits per heavy atom. The summed E-state index contributed by atoms with van der Waals surface area (Å²) in [6.45, 7) is 3.55. The Bertz CT molecular complexity index is 320. The third kappa shape index (κ3) is 0.966. The van der Waals surface area contributed by atoms with Crippen LogP contribution in [0.5, 0.6) is 0 Å². The molecule has 0 aliphatic carbocycles. The number of aromatic nitrogens is 3. The predicted octanol–water partition coefficient (Wildman–Crippen LogP) is -0.263. The van der Waals surface area contributed by atoms with Crippen molar-refractivity contribution in [1.82, 2.24) is 19.7 Å². The van der Waals surface area contributed by atoms with Crippen molar-refractivity contribution < 1.29 is 0 Å². The van der Waals surface area contributed by atoms with E-state index in [1.165, 1.54) is 25.8 Å². The van der Waals surface area contributed by atoms with Gasteiger partial charge in [0, 0.05) is 13.1 Å². The van der Waals surface area contributed by atoms with E-state index in [1.807, 2.05) is 4.68 Å². The lowest BCUT2D eigenvalue weighted by Gasteiger charge is -2.22. The summed E-state index contributed by atoms with van der Waals surface area (Å²) < 4.78 is 1.88. The molecule has 3 rings (SSSR count). The largest absolute Gasteiger partial charge is 0.368 e. The van der Waals surface area contributed by atoms with Gasteiger partial charge in [0.05, 0.1) is 6.04 Å². The van der Waals surface area contributed by atoms with Crippen LogP contribution >= 0.6 is 0 Å². The van der Waals surface area contributed by atoms with E-state index in [2.05, 4.69) is 15.0 Å². The number of hydrogen-bond donors (Lipinski definition) is 1. The second-order valence-corrected chi connectivity index (χ2v) is 3.94. The van der Waals surface area contributed by atoms with Crippen LogP contribution in [-0.4, -0.2) is 39.3 Å². The van der Waals surface area contributed by atoms with E-state index in [4.69, 9.17) is 5.73 Å². The highest BCUT2D eigenvalue weighted by Gasteiger charge is 2.40. The zero-order valence-corrected chi connectivity index (χ0v) is 7.43. The lowest BCUT2D eigenvalue weighted by atomic mass is 10.0. The van der Waals surface area contributed by atoms with Crippen LogP contribution in [0.4, 0.5) is 5.95 Å². The summed E-state index contributed by atoms with van der Waals surface area (Å²) in [7, 11) is 0. The van der Waals surface area contributed by atoms with Gasteiger partial charge in [0.15, 0.2) is 0 Å². The van der Waals surface area contributed by atoms with Gasteiger partial charge in [-0.2, -0.15) is 5.10 Å². The standard InChI is InChI=1S/C8H13N5/c9-8-10-5-11-13(8)7-4-12-2-1-6(7)3-12/h5-7H,1-4H2,(H2,9,10,11). The van der Waals surface area contributed by atoms with Crippen LogP contribution < -0.4 is 5.73 Å². The average molecular weight is 179 g/mol. The van der Waals surface area contributed by atoms with Crippen LogP contribution in [-0.2, 0) is 0 Å². The molecule has 3 atom stereocenters. The van der Waals surface area contributed by atoms with E-state index in [9.17, 15) is 0 Å². The minimum absolute atomic E-state index is 0.469. The molecule has 2 bridgehead atoms. The molecule has 2 aliphatic rings. The van der Waals surface area contributed by atoms with E-state index in [1.54, 1.807) is 0 Å². The molecule has 70 valence electrons. The summed E-state index contributed by atoms with van der Waals surface area (Å²) >= 11 is 0. The number of anilines is 1. The smallest absolute Gasteiger partial charge is 0.218 e. The van der Waals surface area contributed by atoms with Gasteiger partial charge < -0.3 is 10.6 Å². The average Bonchev–Trinajstić information content (AvgIpc) is 2.77. The zero-order chi connectivity index (χ0) is 8.84. The maximum Gasteiger partial charge on any atom is 0.218 e. The normalized spacial score (nSPS) is 37.1. The van der Waals surface area contributed by atoms with Crippen molar-refractivity contribution in [2.45, 2.75) is 12.5 Å². The molecular formula is C8H13N5. The van der Waals surface area contributed by atoms with Crippen LogP contribution in [0.2, 0.25) is 0 Å². The minimum atomic E-state index is 0.469. The predicted molar refractivity (Wildman–Crippen MR) is 48.0 cm³/mol. The second kappa shape index (κ2) is 2.45. The fraction of sp³-hybridized carbons (Fsp3) is 0.750. The molecule has 3 unspecified atom stereocenters. The molecule has 5 heteroatoms. The fourth-order valence-corrected chi connectivity index (χ4v) is 2.55. The number of nitrogen functional groups attached to an aromatic ring is 1. The van der Waals surface area contributed by atoms with Crippen molar-refractivity contribution in [3.63, 3.8) is 0 Å². The summed E-state index contributed by atoms with van der Waals surface area (Å²) in [5.41, 5.74) is 5.72. The maximum atomic E-state index is 5.72. The molecule has 2 N–H and O–H groups in total. The molecular weight excluding hydrogens is 166 g/mol. The first-order chi connectivity index (χ1) is 6.34. The summed E-state index contributed by atoms with van der Waals surface area (Å²) in [5.74, 6) is 1.29. The molecule has 3 heterocycles. The van der Waals surface area contributed by atoms with E-state index in [0.29, 0.717) is 12.0 Å². The van der Waals surface area contributed by atoms with E-state index < -0.39 is 0 Å². The Morgan fingerprint density at radius 1 is 1.46 bits per heavy atom. The third-order valence-corrected chi connectivity index (χ3v) is 3.21. The molecule has 13 heavy (non-hydrogen) atoms. The Hall–Kier alpha value is -1.10. The Balaban J connectivity index is 1.91. The van der Waals surface area contributed by atoms with E-state index in [-0.39, 0.29) is 0 Å². The van der Waals surface area contributed by atoms with Crippen molar-refractivity contribution >= 4 is 5.95 Å². The highest BCUT2D eigenvalue weighted by Crippen LogP contribution is 2.36. The lowest BCUT2D eigenvalue weighted by molar-refractivity contribution is 0.287. The molecule has 2 saturated heterocycles. The van der Waals surface area contributed by atoms with Gasteiger partial charge in [-0.05, 0) is 18.9 Å². The van der Waals surface area contributed by atoms with Crippen molar-refractivity contribution in [2.24, 2.45) is 5.92 Å². The molecule has 0 amide bonds. The molecule has 1 aromatic rings. The van der Waals surface area contributed by atoms with Crippen LogP contribution in [0.15, 0.2) is 6.33 Å². The van der Waals surface area contributed by atoms with Crippen molar-refractivity contribution in [2.75, 3.05) is 25.4 Å². The molecule has 5 nitrogen and oxygen atoms in total. The van der Waals surface area contributed by atoms with Gasteiger partial charge in [-0.25, -0.2) is 9.67 Å². The van der Waals surface area contributed by atoms with Gasteiger partial charge in [0.25, 0.3) is 0 Å². The number of hydrogen-bond acceptors (Lipinski definition) is 4. The number of nitrogens with zero attached hydrogens (tertiary/aromatic N) is 4. The molecule has 0 spiro atoms. The first-order valence-electron chi connectivity index (χ1n) is 4.72. The van der Waals surface area contributed by atoms with Gasteiger partial charge in [0.2, 0.25) is 5.95 Å². The van der Waals surface area contributed by atoms with Gasteiger partial charge in [0.1, 0.15) is 6.33 Å². The second-order valence-electron chi connectivity index (χ2n) is 3.94. The molecule has 2 aliphatic heterocycles. The molecule has 0 radical (unpaired) electrons.